The molecule has 2 N–H and O–H groups in total. The Balaban J connectivity index is 1.80. The van der Waals surface area contributed by atoms with Gasteiger partial charge in [-0.3, -0.25) is 0 Å². The Morgan fingerprint density at radius 1 is 1.29 bits per heavy atom. The van der Waals surface area contributed by atoms with E-state index < -0.39 is 0 Å². The lowest BCUT2D eigenvalue weighted by Gasteiger charge is -2.42. The molecule has 14 heavy (non-hydrogen) atoms. The summed E-state index contributed by atoms with van der Waals surface area (Å²) in [7, 11) is 0. The molecule has 1 aliphatic heterocycles. The number of nitrogens with two attached hydrogens (primary N) is 1. The number of hydrogen-bond donors (Lipinski definition) is 1. The van der Waals surface area contributed by atoms with Gasteiger partial charge in [-0.15, -0.1) is 0 Å². The Morgan fingerprint density at radius 3 is 2.57 bits per heavy atom. The van der Waals surface area contributed by atoms with Gasteiger partial charge in [-0.2, -0.15) is 0 Å². The monoisotopic (exact) mass is 188 g/mol. The summed E-state index contributed by atoms with van der Waals surface area (Å²) in [6.45, 7) is 4.60. The third-order valence-electron chi connectivity index (χ3n) is 3.63. The fourth-order valence-electron chi connectivity index (χ4n) is 2.30. The molecule has 74 valence electrons. The van der Waals surface area contributed by atoms with Crippen LogP contribution in [0.2, 0.25) is 0 Å². The Morgan fingerprint density at radius 2 is 2.00 bits per heavy atom. The van der Waals surface area contributed by atoms with Gasteiger partial charge < -0.3 is 10.6 Å². The van der Waals surface area contributed by atoms with Crippen molar-refractivity contribution in [3.63, 3.8) is 0 Å². The van der Waals surface area contributed by atoms with Crippen molar-refractivity contribution in [2.45, 2.75) is 19.8 Å². The summed E-state index contributed by atoms with van der Waals surface area (Å²) in [5.74, 6) is 0. The first-order valence-electron chi connectivity index (χ1n) is 5.30. The number of hydrogen-bond acceptors (Lipinski definition) is 2. The summed E-state index contributed by atoms with van der Waals surface area (Å²) in [6.07, 6.45) is 2.88. The van der Waals surface area contributed by atoms with E-state index in [9.17, 15) is 0 Å². The van der Waals surface area contributed by atoms with E-state index in [2.05, 4.69) is 24.0 Å². The van der Waals surface area contributed by atoms with E-state index in [1.54, 1.807) is 0 Å². The summed E-state index contributed by atoms with van der Waals surface area (Å²) < 4.78 is 0. The molecule has 2 aliphatic rings. The van der Waals surface area contributed by atoms with Crippen molar-refractivity contribution in [2.75, 3.05) is 23.7 Å². The maximum atomic E-state index is 5.80. The molecule has 1 spiro atoms. The Kier molecular flexibility index (Phi) is 1.42. The first kappa shape index (κ1) is 8.16. The number of benzene rings is 1. The lowest BCUT2D eigenvalue weighted by atomic mass is 9.95. The molecule has 1 aromatic rings. The van der Waals surface area contributed by atoms with Gasteiger partial charge in [0.25, 0.3) is 0 Å². The van der Waals surface area contributed by atoms with Crippen LogP contribution < -0.4 is 10.6 Å². The van der Waals surface area contributed by atoms with Gasteiger partial charge in [0.2, 0.25) is 0 Å². The molecule has 1 heterocycles. The lowest BCUT2D eigenvalue weighted by molar-refractivity contribution is 0.387. The SMILES string of the molecule is Cc1cc(N2CC3(CC3)C2)ccc1N. The summed E-state index contributed by atoms with van der Waals surface area (Å²) in [4.78, 5) is 2.46. The number of rotatable bonds is 1. The third kappa shape index (κ3) is 1.10. The highest BCUT2D eigenvalue weighted by Gasteiger charge is 2.52. The fraction of sp³-hybridized carbons (Fsp3) is 0.500. The molecule has 2 fully saturated rings. The number of nitrogen functional groups attached to an aromatic ring is 1. The van der Waals surface area contributed by atoms with Gasteiger partial charge >= 0.3 is 0 Å². The molecular formula is C12H16N2. The molecule has 0 atom stereocenters. The first-order chi connectivity index (χ1) is 6.69. The molecule has 0 bridgehead atoms. The van der Waals surface area contributed by atoms with E-state index in [4.69, 9.17) is 5.73 Å². The van der Waals surface area contributed by atoms with Gasteiger partial charge in [0, 0.05) is 29.9 Å². The largest absolute Gasteiger partial charge is 0.399 e. The summed E-state index contributed by atoms with van der Waals surface area (Å²) >= 11 is 0. The maximum Gasteiger partial charge on any atom is 0.0370 e. The number of aryl methyl sites for hydroxylation is 1. The van der Waals surface area contributed by atoms with E-state index in [0.717, 1.165) is 11.1 Å². The second kappa shape index (κ2) is 2.44. The zero-order valence-corrected chi connectivity index (χ0v) is 8.59. The van der Waals surface area contributed by atoms with E-state index in [1.165, 1.54) is 37.2 Å². The normalized spacial score (nSPS) is 22.2. The first-order valence-corrected chi connectivity index (χ1v) is 5.30. The molecule has 0 aromatic heterocycles. The molecule has 0 unspecified atom stereocenters. The van der Waals surface area contributed by atoms with Crippen LogP contribution >= 0.6 is 0 Å². The van der Waals surface area contributed by atoms with Crippen molar-refractivity contribution in [3.05, 3.63) is 23.8 Å². The van der Waals surface area contributed by atoms with Gasteiger partial charge in [-0.05, 0) is 43.5 Å². The quantitative estimate of drug-likeness (QED) is 0.684. The third-order valence-corrected chi connectivity index (χ3v) is 3.63. The average molecular weight is 188 g/mol. The molecular weight excluding hydrogens is 172 g/mol. The van der Waals surface area contributed by atoms with Crippen LogP contribution in [0.25, 0.3) is 0 Å². The predicted molar refractivity (Wildman–Crippen MR) is 59.5 cm³/mol. The molecule has 1 saturated carbocycles. The predicted octanol–water partition coefficient (Wildman–Crippen LogP) is 2.18. The van der Waals surface area contributed by atoms with Crippen LogP contribution in [-0.4, -0.2) is 13.1 Å². The molecule has 3 rings (SSSR count). The van der Waals surface area contributed by atoms with Crippen LogP contribution in [0, 0.1) is 12.3 Å². The highest BCUT2D eigenvalue weighted by atomic mass is 15.2. The van der Waals surface area contributed by atoms with E-state index in [1.807, 2.05) is 6.07 Å². The van der Waals surface area contributed by atoms with E-state index in [0.29, 0.717) is 0 Å². The van der Waals surface area contributed by atoms with Crippen LogP contribution in [0.1, 0.15) is 18.4 Å². The van der Waals surface area contributed by atoms with Crippen LogP contribution in [0.15, 0.2) is 18.2 Å². The van der Waals surface area contributed by atoms with Gasteiger partial charge in [0.05, 0.1) is 0 Å². The number of nitrogens with zero attached hydrogens (tertiary/aromatic N) is 1. The molecule has 0 amide bonds. The van der Waals surface area contributed by atoms with Gasteiger partial charge in [0.15, 0.2) is 0 Å². The lowest BCUT2D eigenvalue weighted by Crippen LogP contribution is -2.48. The van der Waals surface area contributed by atoms with E-state index in [-0.39, 0.29) is 0 Å². The van der Waals surface area contributed by atoms with Gasteiger partial charge in [0.1, 0.15) is 0 Å². The second-order valence-electron chi connectivity index (χ2n) is 4.90. The Bertz CT molecular complexity index is 372. The maximum absolute atomic E-state index is 5.80. The Hall–Kier alpha value is -1.18. The molecule has 1 aromatic carbocycles. The Labute approximate surface area is 84.7 Å². The zero-order chi connectivity index (χ0) is 9.76. The van der Waals surface area contributed by atoms with Crippen LogP contribution in [0.3, 0.4) is 0 Å². The van der Waals surface area contributed by atoms with Crippen molar-refractivity contribution >= 4 is 11.4 Å². The van der Waals surface area contributed by atoms with Gasteiger partial charge in [-0.1, -0.05) is 0 Å². The molecule has 0 radical (unpaired) electrons. The van der Waals surface area contributed by atoms with Crippen molar-refractivity contribution in [1.29, 1.82) is 0 Å². The number of anilines is 2. The molecule has 2 heteroatoms. The fourth-order valence-corrected chi connectivity index (χ4v) is 2.30. The minimum Gasteiger partial charge on any atom is -0.399 e. The smallest absolute Gasteiger partial charge is 0.0370 e. The van der Waals surface area contributed by atoms with Crippen molar-refractivity contribution in [1.82, 2.24) is 0 Å². The highest BCUT2D eigenvalue weighted by molar-refractivity contribution is 5.59. The topological polar surface area (TPSA) is 29.3 Å². The second-order valence-corrected chi connectivity index (χ2v) is 4.90. The minimum atomic E-state index is 0.731. The van der Waals surface area contributed by atoms with Gasteiger partial charge in [-0.25, -0.2) is 0 Å². The standard InChI is InChI=1S/C12H16N2/c1-9-6-10(2-3-11(9)13)14-7-12(8-14)4-5-12/h2-3,6H,4-5,7-8,13H2,1H3. The van der Waals surface area contributed by atoms with Crippen LogP contribution in [-0.2, 0) is 0 Å². The minimum absolute atomic E-state index is 0.731. The summed E-state index contributed by atoms with van der Waals surface area (Å²) in [5, 5.41) is 0. The van der Waals surface area contributed by atoms with Crippen molar-refractivity contribution in [3.8, 4) is 0 Å². The zero-order valence-electron chi connectivity index (χ0n) is 8.59. The molecule has 2 nitrogen and oxygen atoms in total. The average Bonchev–Trinajstić information content (AvgIpc) is 2.87. The van der Waals surface area contributed by atoms with Crippen molar-refractivity contribution in [2.24, 2.45) is 5.41 Å². The summed E-state index contributed by atoms with van der Waals surface area (Å²) in [6, 6.07) is 6.35. The highest BCUT2D eigenvalue weighted by Crippen LogP contribution is 2.53. The van der Waals surface area contributed by atoms with Crippen LogP contribution in [0.4, 0.5) is 11.4 Å². The van der Waals surface area contributed by atoms with Crippen molar-refractivity contribution < 1.29 is 0 Å². The van der Waals surface area contributed by atoms with E-state index >= 15 is 0 Å². The van der Waals surface area contributed by atoms with Crippen LogP contribution in [0.5, 0.6) is 0 Å². The molecule has 1 saturated heterocycles. The molecule has 1 aliphatic carbocycles. The summed E-state index contributed by atoms with van der Waals surface area (Å²) in [5.41, 5.74) is 9.96.